The van der Waals surface area contributed by atoms with Gasteiger partial charge in [0.1, 0.15) is 0 Å². The summed E-state index contributed by atoms with van der Waals surface area (Å²) in [7, 11) is -3.82. The van der Waals surface area contributed by atoms with Crippen molar-refractivity contribution in [2.45, 2.75) is 4.90 Å². The number of sulfonamides is 1. The average Bonchev–Trinajstić information content (AvgIpc) is 2.45. The van der Waals surface area contributed by atoms with E-state index in [9.17, 15) is 13.2 Å². The van der Waals surface area contributed by atoms with Crippen LogP contribution in [0.4, 0.5) is 0 Å². The van der Waals surface area contributed by atoms with Crippen molar-refractivity contribution in [3.05, 3.63) is 28.2 Å². The first-order valence-corrected chi connectivity index (χ1v) is 8.57. The summed E-state index contributed by atoms with van der Waals surface area (Å²) in [5, 5.41) is 3.56. The number of amides is 1. The minimum absolute atomic E-state index is 0.0619. The van der Waals surface area contributed by atoms with Crippen molar-refractivity contribution in [2.75, 3.05) is 32.7 Å². The van der Waals surface area contributed by atoms with Gasteiger partial charge < -0.3 is 10.2 Å². The third kappa shape index (κ3) is 4.55. The fraction of sp³-hybridized carbons (Fsp3) is 0.417. The maximum Gasteiger partial charge on any atom is 0.241 e. The molecule has 0 bridgehead atoms. The highest BCUT2D eigenvalue weighted by molar-refractivity contribution is 7.89. The highest BCUT2D eigenvalue weighted by Gasteiger charge is 2.20. The minimum atomic E-state index is -3.82. The lowest BCUT2D eigenvalue weighted by molar-refractivity contribution is -0.130. The second-order valence-electron chi connectivity index (χ2n) is 4.56. The molecule has 6 nitrogen and oxygen atoms in total. The Morgan fingerprint density at radius 3 is 2.33 bits per heavy atom. The fourth-order valence-electron chi connectivity index (χ4n) is 1.95. The molecular weight excluding hydrogens is 337 g/mol. The number of hydrogen-bond acceptors (Lipinski definition) is 4. The van der Waals surface area contributed by atoms with Crippen LogP contribution in [-0.2, 0) is 14.8 Å². The average molecular weight is 352 g/mol. The molecule has 1 aromatic carbocycles. The fourth-order valence-corrected chi connectivity index (χ4v) is 3.65. The van der Waals surface area contributed by atoms with Gasteiger partial charge in [-0.2, -0.15) is 0 Å². The number of rotatable bonds is 4. The van der Waals surface area contributed by atoms with E-state index in [4.69, 9.17) is 23.2 Å². The van der Waals surface area contributed by atoms with Gasteiger partial charge in [0, 0.05) is 36.2 Å². The lowest BCUT2D eigenvalue weighted by Crippen LogP contribution is -2.49. The van der Waals surface area contributed by atoms with Crippen molar-refractivity contribution >= 4 is 39.1 Å². The number of halogens is 2. The van der Waals surface area contributed by atoms with Gasteiger partial charge in [-0.25, -0.2) is 13.1 Å². The van der Waals surface area contributed by atoms with Crippen molar-refractivity contribution in [1.29, 1.82) is 0 Å². The first-order valence-electron chi connectivity index (χ1n) is 6.33. The second-order valence-corrected chi connectivity index (χ2v) is 7.20. The molecule has 2 rings (SSSR count). The third-order valence-electron chi connectivity index (χ3n) is 3.03. The Morgan fingerprint density at radius 2 is 1.76 bits per heavy atom. The summed E-state index contributed by atoms with van der Waals surface area (Å²) in [6.45, 7) is 2.28. The maximum absolute atomic E-state index is 12.1. The van der Waals surface area contributed by atoms with Crippen LogP contribution in [-0.4, -0.2) is 51.9 Å². The molecule has 0 aliphatic carbocycles. The molecule has 21 heavy (non-hydrogen) atoms. The van der Waals surface area contributed by atoms with Crippen molar-refractivity contribution in [3.63, 3.8) is 0 Å². The summed E-state index contributed by atoms with van der Waals surface area (Å²) in [6.07, 6.45) is 0. The number of carbonyl (C=O) groups excluding carboxylic acids is 1. The summed E-state index contributed by atoms with van der Waals surface area (Å²) in [5.41, 5.74) is 0. The van der Waals surface area contributed by atoms with Crippen molar-refractivity contribution in [1.82, 2.24) is 14.9 Å². The molecule has 1 aliphatic heterocycles. The third-order valence-corrected chi connectivity index (χ3v) is 4.85. The van der Waals surface area contributed by atoms with Crippen LogP contribution in [0.25, 0.3) is 0 Å². The Labute approximate surface area is 133 Å². The lowest BCUT2D eigenvalue weighted by Gasteiger charge is -2.27. The molecule has 1 amide bonds. The molecule has 2 N–H and O–H groups in total. The number of carbonyl (C=O) groups is 1. The molecule has 0 saturated carbocycles. The van der Waals surface area contributed by atoms with Gasteiger partial charge in [-0.1, -0.05) is 23.2 Å². The van der Waals surface area contributed by atoms with E-state index in [2.05, 4.69) is 10.0 Å². The summed E-state index contributed by atoms with van der Waals surface area (Å²) >= 11 is 11.6. The molecule has 0 spiro atoms. The molecule has 0 aromatic heterocycles. The molecule has 1 saturated heterocycles. The van der Waals surface area contributed by atoms with Gasteiger partial charge in [0.15, 0.2) is 0 Å². The van der Waals surface area contributed by atoms with Gasteiger partial charge in [-0.15, -0.1) is 0 Å². The van der Waals surface area contributed by atoms with E-state index in [1.807, 2.05) is 0 Å². The molecular formula is C12H15Cl2N3O3S. The Bertz CT molecular complexity index is 610. The zero-order valence-corrected chi connectivity index (χ0v) is 13.4. The van der Waals surface area contributed by atoms with Crippen LogP contribution in [0.5, 0.6) is 0 Å². The summed E-state index contributed by atoms with van der Waals surface area (Å²) in [6, 6.07) is 4.00. The summed E-state index contributed by atoms with van der Waals surface area (Å²) in [4.78, 5) is 13.5. The van der Waals surface area contributed by atoms with Gasteiger partial charge in [0.05, 0.1) is 11.4 Å². The Kier molecular flexibility index (Phi) is 5.45. The predicted molar refractivity (Wildman–Crippen MR) is 81.1 cm³/mol. The second kappa shape index (κ2) is 6.93. The van der Waals surface area contributed by atoms with Crippen LogP contribution < -0.4 is 10.0 Å². The highest BCUT2D eigenvalue weighted by Crippen LogP contribution is 2.22. The molecule has 0 atom stereocenters. The smallest absolute Gasteiger partial charge is 0.241 e. The van der Waals surface area contributed by atoms with Crippen LogP contribution in [0.15, 0.2) is 23.1 Å². The lowest BCUT2D eigenvalue weighted by atomic mass is 10.3. The van der Waals surface area contributed by atoms with Gasteiger partial charge in [0.25, 0.3) is 0 Å². The molecule has 0 unspecified atom stereocenters. The number of piperazine rings is 1. The molecule has 9 heteroatoms. The summed E-state index contributed by atoms with van der Waals surface area (Å²) in [5.74, 6) is -0.256. The van der Waals surface area contributed by atoms with Crippen molar-refractivity contribution in [3.8, 4) is 0 Å². The van der Waals surface area contributed by atoms with Crippen molar-refractivity contribution in [2.24, 2.45) is 0 Å². The normalized spacial score (nSPS) is 16.0. The molecule has 1 heterocycles. The zero-order chi connectivity index (χ0) is 15.5. The van der Waals surface area contributed by atoms with Crippen LogP contribution in [0, 0.1) is 0 Å². The molecule has 1 fully saturated rings. The van der Waals surface area contributed by atoms with E-state index in [1.54, 1.807) is 4.90 Å². The molecule has 116 valence electrons. The van der Waals surface area contributed by atoms with E-state index in [0.29, 0.717) is 26.2 Å². The number of hydrogen-bond donors (Lipinski definition) is 2. The van der Waals surface area contributed by atoms with E-state index in [0.717, 1.165) is 0 Å². The SMILES string of the molecule is O=C(CNS(=O)(=O)c1cc(Cl)cc(Cl)c1)N1CCNCC1. The van der Waals surface area contributed by atoms with E-state index in [-0.39, 0.29) is 27.4 Å². The largest absolute Gasteiger partial charge is 0.339 e. The quantitative estimate of drug-likeness (QED) is 0.836. The van der Waals surface area contributed by atoms with Crippen LogP contribution in [0.1, 0.15) is 0 Å². The zero-order valence-electron chi connectivity index (χ0n) is 11.1. The van der Waals surface area contributed by atoms with Crippen molar-refractivity contribution < 1.29 is 13.2 Å². The van der Waals surface area contributed by atoms with Gasteiger partial charge in [0.2, 0.25) is 15.9 Å². The minimum Gasteiger partial charge on any atom is -0.339 e. The topological polar surface area (TPSA) is 78.5 Å². The highest BCUT2D eigenvalue weighted by atomic mass is 35.5. The maximum atomic E-state index is 12.1. The van der Waals surface area contributed by atoms with E-state index < -0.39 is 10.0 Å². The Morgan fingerprint density at radius 1 is 1.19 bits per heavy atom. The standard InChI is InChI=1S/C12H15Cl2N3O3S/c13-9-5-10(14)7-11(6-9)21(19,20)16-8-12(18)17-3-1-15-2-4-17/h5-7,15-16H,1-4,8H2. The summed E-state index contributed by atoms with van der Waals surface area (Å²) < 4.78 is 26.5. The van der Waals surface area contributed by atoms with Crippen LogP contribution >= 0.6 is 23.2 Å². The van der Waals surface area contributed by atoms with Crippen LogP contribution in [0.2, 0.25) is 10.0 Å². The number of benzene rings is 1. The number of nitrogens with zero attached hydrogens (tertiary/aromatic N) is 1. The van der Waals surface area contributed by atoms with Gasteiger partial charge in [-0.3, -0.25) is 4.79 Å². The monoisotopic (exact) mass is 351 g/mol. The Balaban J connectivity index is 2.02. The predicted octanol–water partition coefficient (Wildman–Crippen LogP) is 0.704. The first-order chi connectivity index (χ1) is 9.88. The first kappa shape index (κ1) is 16.5. The molecule has 1 aliphatic rings. The van der Waals surface area contributed by atoms with E-state index in [1.165, 1.54) is 18.2 Å². The van der Waals surface area contributed by atoms with Crippen LogP contribution in [0.3, 0.4) is 0 Å². The molecule has 0 radical (unpaired) electrons. The molecule has 1 aromatic rings. The van der Waals surface area contributed by atoms with E-state index >= 15 is 0 Å². The van der Waals surface area contributed by atoms with Gasteiger partial charge in [-0.05, 0) is 18.2 Å². The Hall–Kier alpha value is -0.860. The van der Waals surface area contributed by atoms with Gasteiger partial charge >= 0.3 is 0 Å². The number of nitrogens with one attached hydrogen (secondary N) is 2.